The molecule has 7 heteroatoms. The Labute approximate surface area is 220 Å². The number of carbonyl (C=O) groups excluding carboxylic acids is 1. The van der Waals surface area contributed by atoms with Gasteiger partial charge >= 0.3 is 5.97 Å². The van der Waals surface area contributed by atoms with Crippen molar-refractivity contribution in [2.24, 2.45) is 17.3 Å². The summed E-state index contributed by atoms with van der Waals surface area (Å²) < 4.78 is 5.51. The molecule has 2 radical (unpaired) electrons. The van der Waals surface area contributed by atoms with E-state index in [1.54, 1.807) is 0 Å². The predicted molar refractivity (Wildman–Crippen MR) is 140 cm³/mol. The summed E-state index contributed by atoms with van der Waals surface area (Å²) in [7, 11) is 0. The van der Waals surface area contributed by atoms with Crippen LogP contribution in [-0.4, -0.2) is 65.3 Å². The van der Waals surface area contributed by atoms with Crippen LogP contribution in [0.5, 0.6) is 0 Å². The Bertz CT molecular complexity index is 962. The fraction of sp³-hybridized carbons (Fsp3) is 0.643. The topological polar surface area (TPSA) is 53.0 Å². The summed E-state index contributed by atoms with van der Waals surface area (Å²) >= 11 is 12.2. The van der Waals surface area contributed by atoms with Gasteiger partial charge in [-0.2, -0.15) is 0 Å². The Morgan fingerprint density at radius 3 is 2.57 bits per heavy atom. The first-order valence-corrected chi connectivity index (χ1v) is 13.5. The van der Waals surface area contributed by atoms with Crippen molar-refractivity contribution in [1.29, 1.82) is 0 Å². The van der Waals surface area contributed by atoms with Crippen LogP contribution in [0.1, 0.15) is 52.5 Å². The molecule has 1 N–H and O–H groups in total. The lowest BCUT2D eigenvalue weighted by Gasteiger charge is -2.58. The molecule has 1 aliphatic heterocycles. The van der Waals surface area contributed by atoms with Crippen molar-refractivity contribution < 1.29 is 14.6 Å². The van der Waals surface area contributed by atoms with Crippen molar-refractivity contribution in [2.75, 3.05) is 32.7 Å². The molecule has 0 spiro atoms. The van der Waals surface area contributed by atoms with E-state index in [-0.39, 0.29) is 23.2 Å². The fourth-order valence-electron chi connectivity index (χ4n) is 6.23. The highest BCUT2D eigenvalue weighted by atomic mass is 35.5. The van der Waals surface area contributed by atoms with Gasteiger partial charge in [-0.15, -0.1) is 0 Å². The first-order chi connectivity index (χ1) is 16.5. The number of hydrogen-bond acceptors (Lipinski definition) is 5. The SMILES string of the molecule is CC(=O)O[C@@H]1[C][C@@]2(O)[C@H](C=C1C)CCC[C@]2(C)[C@@H](C)CN1CCN(Cc2ccc(Cl)c(Cl)c2)CC1. The van der Waals surface area contributed by atoms with E-state index in [4.69, 9.17) is 27.9 Å². The molecule has 1 heterocycles. The minimum Gasteiger partial charge on any atom is -0.457 e. The number of piperazine rings is 1. The number of aliphatic hydroxyl groups is 1. The number of nitrogens with zero attached hydrogens (tertiary/aromatic N) is 2. The Morgan fingerprint density at radius 1 is 1.23 bits per heavy atom. The van der Waals surface area contributed by atoms with E-state index in [0.29, 0.717) is 10.0 Å². The zero-order chi connectivity index (χ0) is 25.4. The van der Waals surface area contributed by atoms with Gasteiger partial charge in [0.05, 0.1) is 22.1 Å². The summed E-state index contributed by atoms with van der Waals surface area (Å²) in [6.45, 7) is 13.6. The quantitative estimate of drug-likeness (QED) is 0.409. The minimum absolute atomic E-state index is 0.0126. The van der Waals surface area contributed by atoms with Gasteiger partial charge in [0.15, 0.2) is 0 Å². The van der Waals surface area contributed by atoms with Crippen LogP contribution >= 0.6 is 23.2 Å². The minimum atomic E-state index is -1.11. The molecule has 35 heavy (non-hydrogen) atoms. The molecule has 0 amide bonds. The monoisotopic (exact) mass is 520 g/mol. The van der Waals surface area contributed by atoms with Gasteiger partial charge in [0.2, 0.25) is 0 Å². The lowest BCUT2D eigenvalue weighted by molar-refractivity contribution is -0.161. The van der Waals surface area contributed by atoms with Gasteiger partial charge in [0.1, 0.15) is 6.10 Å². The summed E-state index contributed by atoms with van der Waals surface area (Å²) in [6, 6.07) is 5.86. The van der Waals surface area contributed by atoms with Crippen LogP contribution in [0.25, 0.3) is 0 Å². The average molecular weight is 522 g/mol. The molecule has 1 aromatic rings. The van der Waals surface area contributed by atoms with Crippen molar-refractivity contribution in [1.82, 2.24) is 9.80 Å². The molecule has 0 aromatic heterocycles. The smallest absolute Gasteiger partial charge is 0.303 e. The maximum Gasteiger partial charge on any atom is 0.303 e. The number of carbonyl (C=O) groups is 1. The van der Waals surface area contributed by atoms with E-state index < -0.39 is 11.7 Å². The van der Waals surface area contributed by atoms with Crippen molar-refractivity contribution in [3.63, 3.8) is 0 Å². The van der Waals surface area contributed by atoms with E-state index in [0.717, 1.165) is 64.1 Å². The van der Waals surface area contributed by atoms with Gasteiger partial charge in [-0.1, -0.05) is 55.6 Å². The lowest BCUT2D eigenvalue weighted by Crippen LogP contribution is -2.62. The largest absolute Gasteiger partial charge is 0.457 e. The molecule has 192 valence electrons. The van der Waals surface area contributed by atoms with Crippen LogP contribution in [0.15, 0.2) is 29.8 Å². The fourth-order valence-corrected chi connectivity index (χ4v) is 6.55. The number of hydrogen-bond donors (Lipinski definition) is 1. The highest BCUT2D eigenvalue weighted by molar-refractivity contribution is 6.42. The molecule has 2 fully saturated rings. The summed E-state index contributed by atoms with van der Waals surface area (Å²) in [4.78, 5) is 16.6. The van der Waals surface area contributed by atoms with Crippen LogP contribution < -0.4 is 0 Å². The van der Waals surface area contributed by atoms with Gasteiger partial charge in [-0.25, -0.2) is 0 Å². The molecule has 1 saturated heterocycles. The van der Waals surface area contributed by atoms with Gasteiger partial charge in [0, 0.05) is 57.5 Å². The van der Waals surface area contributed by atoms with E-state index in [1.165, 1.54) is 12.5 Å². The number of esters is 1. The Kier molecular flexibility index (Phi) is 8.24. The summed E-state index contributed by atoms with van der Waals surface area (Å²) in [5.74, 6) is -0.0747. The summed E-state index contributed by atoms with van der Waals surface area (Å²) in [6.07, 6.45) is 7.85. The highest BCUT2D eigenvalue weighted by Gasteiger charge is 2.59. The van der Waals surface area contributed by atoms with Crippen molar-refractivity contribution in [3.05, 3.63) is 51.9 Å². The third-order valence-electron chi connectivity index (χ3n) is 8.61. The molecule has 4 rings (SSSR count). The first-order valence-electron chi connectivity index (χ1n) is 12.8. The molecule has 0 unspecified atom stereocenters. The standard InChI is InChI=1S/C28H38Cl2N2O3/c1-19-14-23-6-5-9-27(4,28(23,34)16-26(19)35-21(3)33)20(2)17-31-10-12-32(13-11-31)18-22-7-8-24(29)25(30)15-22/h7-8,14-15,20,23,26,34H,5-6,9-13,17-18H2,1-4H3/t20-,23-,26+,27+,28+/m0/s1. The predicted octanol–water partition coefficient (Wildman–Crippen LogP) is 5.26. The van der Waals surface area contributed by atoms with Crippen LogP contribution in [0, 0.1) is 23.7 Å². The summed E-state index contributed by atoms with van der Waals surface area (Å²) in [5.41, 5.74) is 0.686. The maximum absolute atomic E-state index is 12.1. The first kappa shape index (κ1) is 26.9. The molecule has 3 aliphatic rings. The second-order valence-electron chi connectivity index (χ2n) is 11.0. The Balaban J connectivity index is 1.38. The third kappa shape index (κ3) is 5.60. The average Bonchev–Trinajstić information content (AvgIpc) is 2.79. The number of ether oxygens (including phenoxy) is 1. The van der Waals surface area contributed by atoms with Crippen LogP contribution in [0.3, 0.4) is 0 Å². The van der Waals surface area contributed by atoms with E-state index in [1.807, 2.05) is 25.1 Å². The number of rotatable bonds is 6. The van der Waals surface area contributed by atoms with Gasteiger partial charge in [-0.05, 0) is 49.0 Å². The molecule has 2 aliphatic carbocycles. The van der Waals surface area contributed by atoms with Crippen LogP contribution in [-0.2, 0) is 16.1 Å². The zero-order valence-electron chi connectivity index (χ0n) is 21.3. The van der Waals surface area contributed by atoms with Gasteiger partial charge < -0.3 is 14.7 Å². The summed E-state index contributed by atoms with van der Waals surface area (Å²) in [5, 5.41) is 13.3. The molecular weight excluding hydrogens is 483 g/mol. The van der Waals surface area contributed by atoms with Crippen LogP contribution in [0.4, 0.5) is 0 Å². The third-order valence-corrected chi connectivity index (χ3v) is 9.35. The number of benzene rings is 1. The molecular formula is C28H38Cl2N2O3. The lowest BCUT2D eigenvalue weighted by atomic mass is 9.51. The number of fused-ring (bicyclic) bond motifs is 1. The highest BCUT2D eigenvalue weighted by Crippen LogP contribution is 2.56. The second-order valence-corrected chi connectivity index (χ2v) is 11.8. The number of halogens is 2. The van der Waals surface area contributed by atoms with Crippen molar-refractivity contribution in [2.45, 2.75) is 65.2 Å². The Hall–Kier alpha value is -1.11. The van der Waals surface area contributed by atoms with Crippen molar-refractivity contribution >= 4 is 29.2 Å². The second kappa shape index (κ2) is 10.7. The molecule has 5 nitrogen and oxygen atoms in total. The van der Waals surface area contributed by atoms with Crippen molar-refractivity contribution in [3.8, 4) is 0 Å². The molecule has 1 aromatic carbocycles. The molecule has 0 bridgehead atoms. The van der Waals surface area contributed by atoms with E-state index in [9.17, 15) is 9.90 Å². The molecule has 5 atom stereocenters. The molecule has 1 saturated carbocycles. The Morgan fingerprint density at radius 2 is 1.91 bits per heavy atom. The van der Waals surface area contributed by atoms with Crippen LogP contribution in [0.2, 0.25) is 10.0 Å². The van der Waals surface area contributed by atoms with E-state index in [2.05, 4.69) is 36.1 Å². The normalized spacial score (nSPS) is 33.1. The maximum atomic E-state index is 12.1. The zero-order valence-corrected chi connectivity index (χ0v) is 22.8. The van der Waals surface area contributed by atoms with Gasteiger partial charge in [-0.3, -0.25) is 9.69 Å². The van der Waals surface area contributed by atoms with E-state index >= 15 is 0 Å². The van der Waals surface area contributed by atoms with Gasteiger partial charge in [0.25, 0.3) is 0 Å².